The topological polar surface area (TPSA) is 64.7 Å². The van der Waals surface area contributed by atoms with E-state index in [0.717, 1.165) is 18.4 Å². The third kappa shape index (κ3) is 3.06. The van der Waals surface area contributed by atoms with Crippen LogP contribution in [0.5, 0.6) is 0 Å². The molecule has 0 amide bonds. The molecule has 0 aliphatic heterocycles. The van der Waals surface area contributed by atoms with E-state index in [9.17, 15) is 0 Å². The van der Waals surface area contributed by atoms with Crippen LogP contribution in [0.3, 0.4) is 0 Å². The number of rotatable bonds is 4. The average Bonchev–Trinajstić information content (AvgIpc) is 3.35. The summed E-state index contributed by atoms with van der Waals surface area (Å²) < 4.78 is 5.02. The van der Waals surface area contributed by atoms with E-state index >= 15 is 0 Å². The standard InChI is InChI=1S/C25H30N4O/c1-16-12-19-20(24(4,5)9-8-23(19,2)3)14-18(16)25(10-11-25)21-7-6-17(15-26-21)13-22-27-28-29-30-22/h6-7,12,14-15H,8-11,13H2,1-5H3. The summed E-state index contributed by atoms with van der Waals surface area (Å²) in [6.45, 7) is 11.9. The van der Waals surface area contributed by atoms with Gasteiger partial charge in [0.1, 0.15) is 0 Å². The smallest absolute Gasteiger partial charge is 0.252 e. The number of pyridine rings is 1. The van der Waals surface area contributed by atoms with Gasteiger partial charge in [0.15, 0.2) is 0 Å². The molecule has 2 aliphatic carbocycles. The van der Waals surface area contributed by atoms with Gasteiger partial charge in [0.2, 0.25) is 0 Å². The summed E-state index contributed by atoms with van der Waals surface area (Å²) in [6, 6.07) is 9.31. The molecule has 2 heterocycles. The molecule has 5 rings (SSSR count). The first-order valence-electron chi connectivity index (χ1n) is 11.0. The van der Waals surface area contributed by atoms with Gasteiger partial charge in [-0.2, -0.15) is 0 Å². The van der Waals surface area contributed by atoms with Gasteiger partial charge < -0.3 is 4.52 Å². The fourth-order valence-electron chi connectivity index (χ4n) is 5.23. The molecule has 156 valence electrons. The van der Waals surface area contributed by atoms with Crippen molar-refractivity contribution < 1.29 is 4.52 Å². The molecule has 0 spiro atoms. The van der Waals surface area contributed by atoms with E-state index in [-0.39, 0.29) is 16.2 Å². The molecule has 2 aromatic heterocycles. The van der Waals surface area contributed by atoms with E-state index in [0.29, 0.717) is 12.3 Å². The highest BCUT2D eigenvalue weighted by Crippen LogP contribution is 2.56. The number of nitrogens with zero attached hydrogens (tertiary/aromatic N) is 4. The largest absolute Gasteiger partial charge is 0.320 e. The molecule has 1 saturated carbocycles. The van der Waals surface area contributed by atoms with Crippen molar-refractivity contribution in [1.82, 2.24) is 20.6 Å². The molecule has 5 heteroatoms. The minimum atomic E-state index is 0.0569. The van der Waals surface area contributed by atoms with Gasteiger partial charge in [-0.25, -0.2) is 0 Å². The molecule has 0 N–H and O–H groups in total. The summed E-state index contributed by atoms with van der Waals surface area (Å²) in [7, 11) is 0. The molecular formula is C25H30N4O. The number of fused-ring (bicyclic) bond motifs is 1. The molecule has 5 nitrogen and oxygen atoms in total. The summed E-state index contributed by atoms with van der Waals surface area (Å²) in [6.07, 6.45) is 7.32. The van der Waals surface area contributed by atoms with Crippen molar-refractivity contribution in [2.24, 2.45) is 0 Å². The zero-order chi connectivity index (χ0) is 21.1. The average molecular weight is 403 g/mol. The fraction of sp³-hybridized carbons (Fsp3) is 0.520. The molecule has 0 bridgehead atoms. The highest BCUT2D eigenvalue weighted by atomic mass is 16.5. The summed E-state index contributed by atoms with van der Waals surface area (Å²) in [5.74, 6) is 0.515. The number of aromatic nitrogens is 4. The van der Waals surface area contributed by atoms with Crippen molar-refractivity contribution >= 4 is 0 Å². The van der Waals surface area contributed by atoms with E-state index in [2.05, 4.69) is 74.5 Å². The Kier molecular flexibility index (Phi) is 4.18. The number of hydrogen-bond donors (Lipinski definition) is 0. The van der Waals surface area contributed by atoms with Crippen LogP contribution in [-0.4, -0.2) is 20.6 Å². The Labute approximate surface area is 178 Å². The summed E-state index contributed by atoms with van der Waals surface area (Å²) in [5, 5.41) is 10.8. The third-order valence-electron chi connectivity index (χ3n) is 7.47. The summed E-state index contributed by atoms with van der Waals surface area (Å²) in [4.78, 5) is 4.88. The monoisotopic (exact) mass is 402 g/mol. The SMILES string of the molecule is Cc1cc2c(cc1C1(c3ccc(Cc4nnno4)cn3)CC1)C(C)(C)CCC2(C)C. The van der Waals surface area contributed by atoms with Gasteiger partial charge in [-0.15, -0.1) is 0 Å². The first-order chi connectivity index (χ1) is 14.2. The molecule has 3 aromatic rings. The van der Waals surface area contributed by atoms with Crippen molar-refractivity contribution in [3.8, 4) is 0 Å². The maximum atomic E-state index is 5.02. The predicted molar refractivity (Wildman–Crippen MR) is 116 cm³/mol. The van der Waals surface area contributed by atoms with Gasteiger partial charge in [0.05, 0.1) is 17.4 Å². The lowest BCUT2D eigenvalue weighted by Crippen LogP contribution is -2.34. The van der Waals surface area contributed by atoms with E-state index in [1.165, 1.54) is 40.8 Å². The second kappa shape index (κ2) is 6.47. The molecule has 1 fully saturated rings. The molecule has 1 aromatic carbocycles. The van der Waals surface area contributed by atoms with Crippen molar-refractivity contribution in [2.45, 2.75) is 83.0 Å². The van der Waals surface area contributed by atoms with E-state index in [1.807, 2.05) is 6.20 Å². The van der Waals surface area contributed by atoms with E-state index in [4.69, 9.17) is 9.51 Å². The predicted octanol–water partition coefficient (Wildman–Crippen LogP) is 5.19. The quantitative estimate of drug-likeness (QED) is 0.601. The number of hydrogen-bond acceptors (Lipinski definition) is 5. The number of benzene rings is 1. The molecule has 0 radical (unpaired) electrons. The highest BCUT2D eigenvalue weighted by molar-refractivity contribution is 5.53. The fourth-order valence-corrected chi connectivity index (χ4v) is 5.23. The van der Waals surface area contributed by atoms with Crippen LogP contribution < -0.4 is 0 Å². The highest BCUT2D eigenvalue weighted by Gasteiger charge is 2.49. The molecule has 2 aliphatic rings. The van der Waals surface area contributed by atoms with Crippen LogP contribution in [0.25, 0.3) is 0 Å². The molecular weight excluding hydrogens is 372 g/mol. The molecule has 0 unspecified atom stereocenters. The molecule has 0 saturated heterocycles. The van der Waals surface area contributed by atoms with Gasteiger partial charge in [0.25, 0.3) is 5.89 Å². The number of aryl methyl sites for hydroxylation is 1. The van der Waals surface area contributed by atoms with Crippen LogP contribution in [0.15, 0.2) is 35.0 Å². The zero-order valence-corrected chi connectivity index (χ0v) is 18.6. The van der Waals surface area contributed by atoms with Crippen LogP contribution in [0.2, 0.25) is 0 Å². The van der Waals surface area contributed by atoms with Gasteiger partial charge in [-0.3, -0.25) is 4.98 Å². The van der Waals surface area contributed by atoms with Crippen LogP contribution in [0.4, 0.5) is 0 Å². The van der Waals surface area contributed by atoms with Crippen LogP contribution in [-0.2, 0) is 22.7 Å². The third-order valence-corrected chi connectivity index (χ3v) is 7.47. The lowest BCUT2D eigenvalue weighted by Gasteiger charge is -2.43. The Morgan fingerprint density at radius 3 is 2.17 bits per heavy atom. The lowest BCUT2D eigenvalue weighted by molar-refractivity contribution is 0.331. The Bertz CT molecular complexity index is 1080. The second-order valence-electron chi connectivity index (χ2n) is 10.5. The summed E-state index contributed by atoms with van der Waals surface area (Å²) in [5.41, 5.74) is 8.69. The van der Waals surface area contributed by atoms with Gasteiger partial charge in [0, 0.05) is 11.6 Å². The van der Waals surface area contributed by atoms with Crippen LogP contribution in [0.1, 0.15) is 92.8 Å². The maximum Gasteiger partial charge on any atom is 0.252 e. The lowest BCUT2D eigenvalue weighted by atomic mass is 9.62. The van der Waals surface area contributed by atoms with Crippen LogP contribution in [0, 0.1) is 6.92 Å². The normalized spacial score (nSPS) is 20.6. The van der Waals surface area contributed by atoms with Crippen molar-refractivity contribution in [3.05, 3.63) is 69.9 Å². The van der Waals surface area contributed by atoms with Gasteiger partial charge >= 0.3 is 0 Å². The van der Waals surface area contributed by atoms with Crippen molar-refractivity contribution in [1.29, 1.82) is 0 Å². The second-order valence-corrected chi connectivity index (χ2v) is 10.5. The van der Waals surface area contributed by atoms with E-state index < -0.39 is 0 Å². The molecule has 30 heavy (non-hydrogen) atoms. The van der Waals surface area contributed by atoms with Gasteiger partial charge in [-0.05, 0) is 82.5 Å². The first kappa shape index (κ1) is 19.4. The maximum absolute atomic E-state index is 5.02. The minimum absolute atomic E-state index is 0.0569. The Morgan fingerprint density at radius 1 is 0.900 bits per heavy atom. The Morgan fingerprint density at radius 2 is 1.60 bits per heavy atom. The Balaban J connectivity index is 1.52. The zero-order valence-electron chi connectivity index (χ0n) is 18.6. The van der Waals surface area contributed by atoms with Crippen LogP contribution >= 0.6 is 0 Å². The van der Waals surface area contributed by atoms with Crippen molar-refractivity contribution in [3.63, 3.8) is 0 Å². The minimum Gasteiger partial charge on any atom is -0.320 e. The van der Waals surface area contributed by atoms with Gasteiger partial charge in [-0.1, -0.05) is 51.0 Å². The van der Waals surface area contributed by atoms with E-state index in [1.54, 1.807) is 0 Å². The first-order valence-corrected chi connectivity index (χ1v) is 11.0. The molecule has 0 atom stereocenters. The Hall–Kier alpha value is -2.56. The summed E-state index contributed by atoms with van der Waals surface area (Å²) >= 11 is 0. The van der Waals surface area contributed by atoms with Crippen molar-refractivity contribution in [2.75, 3.05) is 0 Å².